The number of aromatic nitrogens is 5. The van der Waals surface area contributed by atoms with E-state index in [1.807, 2.05) is 30.8 Å². The molecule has 1 aliphatic carbocycles. The summed E-state index contributed by atoms with van der Waals surface area (Å²) >= 11 is 6.20. The van der Waals surface area contributed by atoms with Crippen LogP contribution in [0.25, 0.3) is 11.4 Å². The van der Waals surface area contributed by atoms with Crippen LogP contribution >= 0.6 is 11.6 Å². The molecule has 1 atom stereocenters. The van der Waals surface area contributed by atoms with Gasteiger partial charge in [0.25, 0.3) is 5.91 Å². The van der Waals surface area contributed by atoms with Crippen LogP contribution in [-0.4, -0.2) is 37.4 Å². The lowest BCUT2D eigenvalue weighted by atomic mass is 9.78. The molecule has 11 heteroatoms. The van der Waals surface area contributed by atoms with E-state index < -0.39 is 23.0 Å². The number of nitrogens with one attached hydrogen (secondary N) is 1. The van der Waals surface area contributed by atoms with E-state index in [0.29, 0.717) is 22.8 Å². The van der Waals surface area contributed by atoms with Crippen molar-refractivity contribution in [3.63, 3.8) is 0 Å². The largest absolute Gasteiger partial charge is 0.350 e. The smallest absolute Gasteiger partial charge is 0.289 e. The van der Waals surface area contributed by atoms with Crippen LogP contribution in [0.2, 0.25) is 5.15 Å². The van der Waals surface area contributed by atoms with Crippen LogP contribution in [0.5, 0.6) is 0 Å². The maximum Gasteiger partial charge on any atom is 0.289 e. The Balaban J connectivity index is 1.43. The number of nitrogens with zero attached hydrogens (tertiary/aromatic N) is 5. The minimum atomic E-state index is -0.908. The molecule has 1 N–H and O–H groups in total. The molecular weight excluding hydrogens is 478 g/mol. The summed E-state index contributed by atoms with van der Waals surface area (Å²) in [6.45, 7) is 2.13. The van der Waals surface area contributed by atoms with Gasteiger partial charge < -0.3 is 9.84 Å². The molecule has 4 aromatic rings. The molecule has 0 spiro atoms. The second-order valence-electron chi connectivity index (χ2n) is 8.76. The van der Waals surface area contributed by atoms with Gasteiger partial charge >= 0.3 is 0 Å². The van der Waals surface area contributed by atoms with Crippen LogP contribution < -0.4 is 5.32 Å². The van der Waals surface area contributed by atoms with Crippen LogP contribution in [-0.2, 0) is 12.5 Å². The fourth-order valence-electron chi connectivity index (χ4n) is 4.19. The molecule has 0 aromatic carbocycles. The molecule has 35 heavy (non-hydrogen) atoms. The average molecular weight is 499 g/mol. The molecule has 1 aliphatic rings. The SMILES string of the molecule is Cn1ncc(C(C)(CNC(=O)c2cc(-c3ncc(F)cc3F)no2)c2cccc(Cl)n2)c1C1CC1. The van der Waals surface area contributed by atoms with E-state index in [-0.39, 0.29) is 23.7 Å². The molecular formula is C24H21ClF2N6O2. The third-order valence-corrected chi connectivity index (χ3v) is 6.42. The summed E-state index contributed by atoms with van der Waals surface area (Å²) in [7, 11) is 1.90. The number of amides is 1. The number of rotatable bonds is 7. The Kier molecular flexibility index (Phi) is 5.84. The molecule has 180 valence electrons. The predicted molar refractivity (Wildman–Crippen MR) is 123 cm³/mol. The number of aryl methyl sites for hydroxylation is 1. The van der Waals surface area contributed by atoms with E-state index in [1.54, 1.807) is 12.3 Å². The number of carbonyl (C=O) groups excluding carboxylic acids is 1. The maximum absolute atomic E-state index is 14.1. The van der Waals surface area contributed by atoms with Crippen molar-refractivity contribution < 1.29 is 18.1 Å². The third-order valence-electron chi connectivity index (χ3n) is 6.21. The molecule has 1 fully saturated rings. The molecule has 8 nitrogen and oxygen atoms in total. The molecule has 1 unspecified atom stereocenters. The Morgan fingerprint density at radius 2 is 2.09 bits per heavy atom. The van der Waals surface area contributed by atoms with Crippen LogP contribution in [0.3, 0.4) is 0 Å². The van der Waals surface area contributed by atoms with Crippen LogP contribution in [0.15, 0.2) is 47.2 Å². The van der Waals surface area contributed by atoms with E-state index >= 15 is 0 Å². The Hall–Kier alpha value is -3.66. The van der Waals surface area contributed by atoms with Gasteiger partial charge in [-0.1, -0.05) is 22.8 Å². The molecule has 0 aliphatic heterocycles. The van der Waals surface area contributed by atoms with Crippen molar-refractivity contribution in [2.45, 2.75) is 31.1 Å². The van der Waals surface area contributed by atoms with E-state index in [4.69, 9.17) is 16.1 Å². The zero-order valence-corrected chi connectivity index (χ0v) is 19.7. The summed E-state index contributed by atoms with van der Waals surface area (Å²) in [5.74, 6) is -2.02. The van der Waals surface area contributed by atoms with Crippen molar-refractivity contribution in [2.24, 2.45) is 7.05 Å². The minimum Gasteiger partial charge on any atom is -0.350 e. The predicted octanol–water partition coefficient (Wildman–Crippen LogP) is 4.41. The summed E-state index contributed by atoms with van der Waals surface area (Å²) in [6, 6.07) is 7.30. The minimum absolute atomic E-state index is 0.0183. The van der Waals surface area contributed by atoms with Gasteiger partial charge in [0.2, 0.25) is 5.76 Å². The molecule has 1 amide bonds. The van der Waals surface area contributed by atoms with Gasteiger partial charge in [0, 0.05) is 42.9 Å². The van der Waals surface area contributed by atoms with Crippen molar-refractivity contribution in [1.29, 1.82) is 0 Å². The number of hydrogen-bond acceptors (Lipinski definition) is 6. The van der Waals surface area contributed by atoms with Gasteiger partial charge in [-0.05, 0) is 31.9 Å². The molecule has 4 heterocycles. The number of pyridine rings is 2. The van der Waals surface area contributed by atoms with E-state index in [2.05, 4.69) is 25.5 Å². The van der Waals surface area contributed by atoms with Crippen LogP contribution in [0, 0.1) is 11.6 Å². The van der Waals surface area contributed by atoms with E-state index in [1.165, 1.54) is 6.07 Å². The molecule has 0 radical (unpaired) electrons. The van der Waals surface area contributed by atoms with Gasteiger partial charge in [0.05, 0.1) is 23.5 Å². The number of carbonyl (C=O) groups is 1. The van der Waals surface area contributed by atoms with Crippen molar-refractivity contribution in [2.75, 3.05) is 6.54 Å². The maximum atomic E-state index is 14.1. The highest BCUT2D eigenvalue weighted by molar-refractivity contribution is 6.29. The lowest BCUT2D eigenvalue weighted by Crippen LogP contribution is -2.40. The van der Waals surface area contributed by atoms with E-state index in [9.17, 15) is 13.6 Å². The third kappa shape index (κ3) is 4.41. The average Bonchev–Trinajstić information content (AvgIpc) is 3.40. The van der Waals surface area contributed by atoms with Crippen molar-refractivity contribution in [1.82, 2.24) is 30.2 Å². The lowest BCUT2D eigenvalue weighted by molar-refractivity contribution is 0.0910. The zero-order chi connectivity index (χ0) is 24.7. The van der Waals surface area contributed by atoms with Crippen molar-refractivity contribution >= 4 is 17.5 Å². The van der Waals surface area contributed by atoms with Gasteiger partial charge in [-0.3, -0.25) is 9.48 Å². The van der Waals surface area contributed by atoms with Gasteiger partial charge in [-0.2, -0.15) is 5.10 Å². The molecule has 0 bridgehead atoms. The summed E-state index contributed by atoms with van der Waals surface area (Å²) in [5.41, 5.74) is 1.75. The molecule has 4 aromatic heterocycles. The summed E-state index contributed by atoms with van der Waals surface area (Å²) in [6.07, 6.45) is 4.82. The summed E-state index contributed by atoms with van der Waals surface area (Å²) in [5, 5.41) is 11.4. The Labute approximate surface area is 204 Å². The second-order valence-corrected chi connectivity index (χ2v) is 9.15. The van der Waals surface area contributed by atoms with Gasteiger partial charge in [0.1, 0.15) is 22.4 Å². The standard InChI is InChI=1S/C24H21ClF2N6O2/c1-24(19-4-3-5-20(25)31-19,15-11-30-33(2)22(15)13-6-7-13)12-29-23(34)18-9-17(32-35-18)21-16(27)8-14(26)10-28-21/h3-5,8-11,13H,6-7,12H2,1-2H3,(H,29,34). The highest BCUT2D eigenvalue weighted by Crippen LogP contribution is 2.45. The highest BCUT2D eigenvalue weighted by atomic mass is 35.5. The first-order chi connectivity index (χ1) is 16.8. The molecule has 5 rings (SSSR count). The van der Waals surface area contributed by atoms with Crippen molar-refractivity contribution in [3.05, 3.63) is 82.2 Å². The quantitative estimate of drug-likeness (QED) is 0.379. The Bertz CT molecular complexity index is 1420. The first-order valence-electron chi connectivity index (χ1n) is 11.0. The second kappa shape index (κ2) is 8.84. The van der Waals surface area contributed by atoms with Gasteiger partial charge in [-0.25, -0.2) is 18.7 Å². The Morgan fingerprint density at radius 3 is 2.80 bits per heavy atom. The van der Waals surface area contributed by atoms with E-state index in [0.717, 1.165) is 30.3 Å². The molecule has 1 saturated carbocycles. The normalized spacial score (nSPS) is 15.1. The lowest BCUT2D eigenvalue weighted by Gasteiger charge is -2.30. The topological polar surface area (TPSA) is 98.7 Å². The highest BCUT2D eigenvalue weighted by Gasteiger charge is 2.40. The van der Waals surface area contributed by atoms with Crippen LogP contribution in [0.1, 0.15) is 53.2 Å². The summed E-state index contributed by atoms with van der Waals surface area (Å²) < 4.78 is 34.2. The Morgan fingerprint density at radius 1 is 1.29 bits per heavy atom. The first kappa shape index (κ1) is 23.1. The summed E-state index contributed by atoms with van der Waals surface area (Å²) in [4.78, 5) is 21.2. The zero-order valence-electron chi connectivity index (χ0n) is 18.9. The van der Waals surface area contributed by atoms with Gasteiger partial charge in [-0.15, -0.1) is 0 Å². The monoisotopic (exact) mass is 498 g/mol. The van der Waals surface area contributed by atoms with Crippen LogP contribution in [0.4, 0.5) is 8.78 Å². The molecule has 0 saturated heterocycles. The fraction of sp³-hybridized carbons (Fsp3) is 0.292. The first-order valence-corrected chi connectivity index (χ1v) is 11.4. The fourth-order valence-corrected chi connectivity index (χ4v) is 4.36. The van der Waals surface area contributed by atoms with Gasteiger partial charge in [0.15, 0.2) is 5.82 Å². The number of hydrogen-bond donors (Lipinski definition) is 1. The number of halogens is 3. The van der Waals surface area contributed by atoms with Crippen molar-refractivity contribution in [3.8, 4) is 11.4 Å².